The Labute approximate surface area is 94.4 Å². The Hall–Kier alpha value is -1.39. The number of nitrogens with zero attached hydrogens (tertiary/aromatic N) is 2. The zero-order chi connectivity index (χ0) is 12.0. The van der Waals surface area contributed by atoms with E-state index >= 15 is 0 Å². The number of aryl methyl sites for hydroxylation is 1. The quantitative estimate of drug-likeness (QED) is 0.696. The first-order valence-corrected chi connectivity index (χ1v) is 5.49. The van der Waals surface area contributed by atoms with E-state index in [-0.39, 0.29) is 13.0 Å². The van der Waals surface area contributed by atoms with Crippen molar-refractivity contribution < 1.29 is 13.9 Å². The summed E-state index contributed by atoms with van der Waals surface area (Å²) in [6.45, 7) is 4.66. The van der Waals surface area contributed by atoms with Crippen LogP contribution in [-0.4, -0.2) is 28.3 Å². The number of hydrogen-bond donors (Lipinski definition) is 0. The molecule has 0 aliphatic heterocycles. The Morgan fingerprint density at radius 2 is 2.38 bits per heavy atom. The van der Waals surface area contributed by atoms with Crippen LogP contribution in [0.3, 0.4) is 0 Å². The molecule has 0 radical (unpaired) electrons. The van der Waals surface area contributed by atoms with Crippen LogP contribution in [0.15, 0.2) is 12.4 Å². The minimum absolute atomic E-state index is 0.0220. The number of carbonyl (C=O) groups excluding carboxylic acids is 1. The van der Waals surface area contributed by atoms with Gasteiger partial charge in [0, 0.05) is 25.4 Å². The van der Waals surface area contributed by atoms with Gasteiger partial charge in [-0.05, 0) is 13.3 Å². The summed E-state index contributed by atoms with van der Waals surface area (Å²) in [5, 5.41) is 0. The molecule has 5 heteroatoms. The zero-order valence-electron chi connectivity index (χ0n) is 9.65. The molecule has 0 aromatic carbocycles. The van der Waals surface area contributed by atoms with Crippen molar-refractivity contribution in [1.82, 2.24) is 9.55 Å². The van der Waals surface area contributed by atoms with Crippen molar-refractivity contribution in [3.63, 3.8) is 0 Å². The first-order valence-electron chi connectivity index (χ1n) is 5.49. The van der Waals surface area contributed by atoms with E-state index in [9.17, 15) is 9.18 Å². The molecule has 4 nitrogen and oxygen atoms in total. The minimum Gasteiger partial charge on any atom is -0.464 e. The molecule has 0 spiro atoms. The molecule has 0 aliphatic rings. The fraction of sp³-hybridized carbons (Fsp3) is 0.636. The number of hydrogen-bond acceptors (Lipinski definition) is 3. The summed E-state index contributed by atoms with van der Waals surface area (Å²) in [7, 11) is 0. The van der Waals surface area contributed by atoms with Gasteiger partial charge in [0.15, 0.2) is 0 Å². The van der Waals surface area contributed by atoms with Gasteiger partial charge in [-0.25, -0.2) is 14.2 Å². The number of imidazole rings is 1. The third kappa shape index (κ3) is 3.32. The normalized spacial score (nSPS) is 12.4. The Kier molecular flexibility index (Phi) is 4.95. The van der Waals surface area contributed by atoms with Crippen LogP contribution in [-0.2, 0) is 22.5 Å². The van der Waals surface area contributed by atoms with Gasteiger partial charge in [-0.2, -0.15) is 0 Å². The van der Waals surface area contributed by atoms with Crippen LogP contribution in [0.4, 0.5) is 4.39 Å². The van der Waals surface area contributed by atoms with Crippen molar-refractivity contribution in [3.05, 3.63) is 18.2 Å². The van der Waals surface area contributed by atoms with Crippen LogP contribution in [0, 0.1) is 0 Å². The van der Waals surface area contributed by atoms with E-state index < -0.39 is 12.1 Å². The molecule has 1 atom stereocenters. The van der Waals surface area contributed by atoms with Gasteiger partial charge in [0.05, 0.1) is 6.61 Å². The highest BCUT2D eigenvalue weighted by Crippen LogP contribution is 2.07. The van der Waals surface area contributed by atoms with Crippen LogP contribution in [0.5, 0.6) is 0 Å². The summed E-state index contributed by atoms with van der Waals surface area (Å²) in [5.74, 6) is -0.226. The van der Waals surface area contributed by atoms with Gasteiger partial charge >= 0.3 is 5.97 Å². The molecule has 1 aromatic heterocycles. The molecule has 1 aromatic rings. The molecule has 0 aliphatic carbocycles. The van der Waals surface area contributed by atoms with Crippen molar-refractivity contribution in [3.8, 4) is 0 Å². The van der Waals surface area contributed by atoms with Crippen LogP contribution in [0.1, 0.15) is 26.1 Å². The number of rotatable bonds is 6. The molecule has 1 rings (SSSR count). The smallest absolute Gasteiger partial charge is 0.341 e. The van der Waals surface area contributed by atoms with Gasteiger partial charge in [-0.15, -0.1) is 0 Å². The molecule has 1 unspecified atom stereocenters. The van der Waals surface area contributed by atoms with Gasteiger partial charge in [-0.3, -0.25) is 0 Å². The topological polar surface area (TPSA) is 44.1 Å². The third-order valence-corrected chi connectivity index (χ3v) is 2.17. The summed E-state index contributed by atoms with van der Waals surface area (Å²) in [6.07, 6.45) is 2.70. The third-order valence-electron chi connectivity index (χ3n) is 2.17. The van der Waals surface area contributed by atoms with Gasteiger partial charge in [-0.1, -0.05) is 6.92 Å². The lowest BCUT2D eigenvalue weighted by Crippen LogP contribution is -2.23. The van der Waals surface area contributed by atoms with E-state index in [1.54, 1.807) is 19.3 Å². The van der Waals surface area contributed by atoms with Crippen molar-refractivity contribution in [2.24, 2.45) is 0 Å². The van der Waals surface area contributed by atoms with E-state index in [0.29, 0.717) is 5.82 Å². The Morgan fingerprint density at radius 3 is 3.00 bits per heavy atom. The van der Waals surface area contributed by atoms with Crippen molar-refractivity contribution >= 4 is 5.97 Å². The molecule has 0 N–H and O–H groups in total. The number of alkyl halides is 1. The van der Waals surface area contributed by atoms with Crippen LogP contribution < -0.4 is 0 Å². The van der Waals surface area contributed by atoms with Crippen molar-refractivity contribution in [1.29, 1.82) is 0 Å². The maximum Gasteiger partial charge on any atom is 0.341 e. The molecule has 0 saturated carbocycles. The van der Waals surface area contributed by atoms with Gasteiger partial charge in [0.1, 0.15) is 5.82 Å². The lowest BCUT2D eigenvalue weighted by atomic mass is 10.2. The van der Waals surface area contributed by atoms with Crippen molar-refractivity contribution in [2.75, 3.05) is 6.61 Å². The highest BCUT2D eigenvalue weighted by molar-refractivity contribution is 5.74. The molecule has 90 valence electrons. The minimum atomic E-state index is -1.63. The summed E-state index contributed by atoms with van der Waals surface area (Å²) in [4.78, 5) is 15.1. The summed E-state index contributed by atoms with van der Waals surface area (Å²) in [5.41, 5.74) is 0. The summed E-state index contributed by atoms with van der Waals surface area (Å²) >= 11 is 0. The SMILES string of the molecule is CCCn1ccnc1CC(F)C(=O)OCC. The predicted octanol–water partition coefficient (Wildman–Crippen LogP) is 1.74. The Morgan fingerprint density at radius 1 is 1.62 bits per heavy atom. The van der Waals surface area contributed by atoms with Gasteiger partial charge < -0.3 is 9.30 Å². The fourth-order valence-corrected chi connectivity index (χ4v) is 1.45. The maximum atomic E-state index is 13.4. The maximum absolute atomic E-state index is 13.4. The summed E-state index contributed by atoms with van der Waals surface area (Å²) in [6, 6.07) is 0. The average molecular weight is 228 g/mol. The molecular formula is C11H17FN2O2. The second-order valence-electron chi connectivity index (χ2n) is 3.46. The lowest BCUT2D eigenvalue weighted by Gasteiger charge is -2.09. The monoisotopic (exact) mass is 228 g/mol. The van der Waals surface area contributed by atoms with Gasteiger partial charge in [0.25, 0.3) is 0 Å². The molecule has 0 bridgehead atoms. The molecule has 16 heavy (non-hydrogen) atoms. The van der Waals surface area contributed by atoms with Gasteiger partial charge in [0.2, 0.25) is 6.17 Å². The molecule has 0 saturated heterocycles. The molecule has 0 amide bonds. The van der Waals surface area contributed by atoms with Crippen LogP contribution in [0.2, 0.25) is 0 Å². The number of esters is 1. The standard InChI is InChI=1S/C11H17FN2O2/c1-3-6-14-7-5-13-10(14)8-9(12)11(15)16-4-2/h5,7,9H,3-4,6,8H2,1-2H3. The predicted molar refractivity (Wildman–Crippen MR) is 57.8 cm³/mol. The van der Waals surface area contributed by atoms with E-state index in [0.717, 1.165) is 13.0 Å². The van der Waals surface area contributed by atoms with E-state index in [2.05, 4.69) is 9.72 Å². The van der Waals surface area contributed by atoms with Crippen LogP contribution >= 0.6 is 0 Å². The first kappa shape index (κ1) is 12.7. The Balaban J connectivity index is 2.58. The number of halogens is 1. The molecule has 1 heterocycles. The lowest BCUT2D eigenvalue weighted by molar-refractivity contribution is -0.149. The second-order valence-corrected chi connectivity index (χ2v) is 3.46. The largest absolute Gasteiger partial charge is 0.464 e. The number of aromatic nitrogens is 2. The second kappa shape index (κ2) is 6.25. The summed E-state index contributed by atoms with van der Waals surface area (Å²) < 4.78 is 19.9. The van der Waals surface area contributed by atoms with E-state index in [4.69, 9.17) is 0 Å². The molecular weight excluding hydrogens is 211 g/mol. The molecule has 0 fully saturated rings. The number of carbonyl (C=O) groups is 1. The first-order chi connectivity index (χ1) is 7.69. The number of ether oxygens (including phenoxy) is 1. The highest BCUT2D eigenvalue weighted by Gasteiger charge is 2.21. The van der Waals surface area contributed by atoms with Crippen LogP contribution in [0.25, 0.3) is 0 Å². The van der Waals surface area contributed by atoms with E-state index in [1.807, 2.05) is 11.5 Å². The van der Waals surface area contributed by atoms with E-state index in [1.165, 1.54) is 0 Å². The van der Waals surface area contributed by atoms with Crippen molar-refractivity contribution in [2.45, 2.75) is 39.4 Å². The zero-order valence-corrected chi connectivity index (χ0v) is 9.65. The fourth-order valence-electron chi connectivity index (χ4n) is 1.45. The highest BCUT2D eigenvalue weighted by atomic mass is 19.1. The Bertz CT molecular complexity index is 338. The average Bonchev–Trinajstić information content (AvgIpc) is 2.67.